The number of carbonyl (C=O) groups excluding carboxylic acids is 2. The van der Waals surface area contributed by atoms with Gasteiger partial charge in [0, 0.05) is 17.8 Å². The van der Waals surface area contributed by atoms with E-state index in [1.54, 1.807) is 43.4 Å². The van der Waals surface area contributed by atoms with Crippen LogP contribution < -0.4 is 14.8 Å². The number of carbonyl (C=O) groups is 2. The van der Waals surface area contributed by atoms with Crippen LogP contribution in [0.2, 0.25) is 0 Å². The van der Waals surface area contributed by atoms with E-state index in [1.165, 1.54) is 0 Å². The summed E-state index contributed by atoms with van der Waals surface area (Å²) >= 11 is 0. The van der Waals surface area contributed by atoms with Gasteiger partial charge in [0.05, 0.1) is 33.3 Å². The summed E-state index contributed by atoms with van der Waals surface area (Å²) in [6, 6.07) is 21.2. The molecule has 0 bridgehead atoms. The zero-order chi connectivity index (χ0) is 25.5. The van der Waals surface area contributed by atoms with Gasteiger partial charge in [-0.05, 0) is 41.5 Å². The van der Waals surface area contributed by atoms with Crippen LogP contribution in [0.25, 0.3) is 0 Å². The van der Waals surface area contributed by atoms with E-state index in [1.807, 2.05) is 48.5 Å². The highest BCUT2D eigenvalue weighted by Crippen LogP contribution is 2.28. The Kier molecular flexibility index (Phi) is 8.20. The molecule has 2 amide bonds. The quantitative estimate of drug-likeness (QED) is 0.478. The number of morpholine rings is 1. The first-order chi connectivity index (χ1) is 17.5. The van der Waals surface area contributed by atoms with Crippen molar-refractivity contribution in [3.63, 3.8) is 0 Å². The third kappa shape index (κ3) is 6.02. The summed E-state index contributed by atoms with van der Waals surface area (Å²) in [6.07, 6.45) is -0.735. The molecule has 0 spiro atoms. The maximum atomic E-state index is 12.7. The van der Waals surface area contributed by atoms with Gasteiger partial charge in [-0.25, -0.2) is 0 Å². The standard InChI is InChI=1S/C28H30N2O6/c1-34-23-13-7-19(8-14-23)15-26(31)29-22-11-9-20(10-12-22)28(33)24-17-36-18-27(32)30(24)16-21-5-3-4-6-25(21)35-2/h3-14,24,28,33H,15-18H2,1-2H3,(H,29,31). The zero-order valence-corrected chi connectivity index (χ0v) is 20.3. The molecule has 0 radical (unpaired) electrons. The van der Waals surface area contributed by atoms with Crippen LogP contribution in [-0.4, -0.2) is 55.3 Å². The molecule has 1 aliphatic rings. The van der Waals surface area contributed by atoms with Gasteiger partial charge in [-0.15, -0.1) is 0 Å². The molecule has 1 heterocycles. The molecule has 1 aliphatic heterocycles. The van der Waals surface area contributed by atoms with E-state index in [2.05, 4.69) is 5.32 Å². The van der Waals surface area contributed by atoms with Gasteiger partial charge in [-0.2, -0.15) is 0 Å². The maximum Gasteiger partial charge on any atom is 0.249 e. The Balaban J connectivity index is 1.41. The van der Waals surface area contributed by atoms with E-state index < -0.39 is 12.1 Å². The molecule has 8 heteroatoms. The molecule has 4 rings (SSSR count). The largest absolute Gasteiger partial charge is 0.497 e. The van der Waals surface area contributed by atoms with Crippen molar-refractivity contribution in [1.29, 1.82) is 0 Å². The van der Waals surface area contributed by atoms with Crippen LogP contribution in [0.3, 0.4) is 0 Å². The predicted molar refractivity (Wildman–Crippen MR) is 135 cm³/mol. The van der Waals surface area contributed by atoms with E-state index >= 15 is 0 Å². The van der Waals surface area contributed by atoms with E-state index in [4.69, 9.17) is 14.2 Å². The molecule has 0 saturated carbocycles. The fourth-order valence-corrected chi connectivity index (χ4v) is 4.23. The van der Waals surface area contributed by atoms with E-state index in [0.29, 0.717) is 23.5 Å². The van der Waals surface area contributed by atoms with E-state index in [0.717, 1.165) is 16.9 Å². The summed E-state index contributed by atoms with van der Waals surface area (Å²) in [6.45, 7) is 0.480. The minimum Gasteiger partial charge on any atom is -0.497 e. The first kappa shape index (κ1) is 25.2. The molecular formula is C28H30N2O6. The van der Waals surface area contributed by atoms with Crippen molar-refractivity contribution in [2.24, 2.45) is 0 Å². The summed E-state index contributed by atoms with van der Waals surface area (Å²) in [4.78, 5) is 26.8. The van der Waals surface area contributed by atoms with Crippen molar-refractivity contribution in [2.45, 2.75) is 25.1 Å². The predicted octanol–water partition coefficient (Wildman–Crippen LogP) is 3.35. The fraction of sp³-hybridized carbons (Fsp3) is 0.286. The van der Waals surface area contributed by atoms with Gasteiger partial charge in [0.1, 0.15) is 24.2 Å². The van der Waals surface area contributed by atoms with Gasteiger partial charge in [0.15, 0.2) is 0 Å². The zero-order valence-electron chi connectivity index (χ0n) is 20.3. The highest BCUT2D eigenvalue weighted by atomic mass is 16.5. The van der Waals surface area contributed by atoms with Crippen molar-refractivity contribution in [2.75, 3.05) is 32.8 Å². The second kappa shape index (κ2) is 11.7. The number of anilines is 1. The summed E-state index contributed by atoms with van der Waals surface area (Å²) in [5, 5.41) is 14.0. The molecule has 36 heavy (non-hydrogen) atoms. The van der Waals surface area contributed by atoms with Crippen LogP contribution in [0.4, 0.5) is 5.69 Å². The number of nitrogens with zero attached hydrogens (tertiary/aromatic N) is 1. The first-order valence-electron chi connectivity index (χ1n) is 11.7. The number of nitrogens with one attached hydrogen (secondary N) is 1. The molecule has 0 aliphatic carbocycles. The Morgan fingerprint density at radius 1 is 1.06 bits per heavy atom. The van der Waals surface area contributed by atoms with Crippen molar-refractivity contribution in [1.82, 2.24) is 4.90 Å². The molecule has 188 valence electrons. The van der Waals surface area contributed by atoms with Crippen LogP contribution in [0.1, 0.15) is 22.8 Å². The van der Waals surface area contributed by atoms with Crippen LogP contribution in [0.15, 0.2) is 72.8 Å². The summed E-state index contributed by atoms with van der Waals surface area (Å²) < 4.78 is 16.0. The lowest BCUT2D eigenvalue weighted by Gasteiger charge is -2.38. The number of aliphatic hydroxyl groups excluding tert-OH is 1. The van der Waals surface area contributed by atoms with Crippen LogP contribution in [-0.2, 0) is 27.3 Å². The number of aliphatic hydroxyl groups is 1. The van der Waals surface area contributed by atoms with Crippen LogP contribution >= 0.6 is 0 Å². The molecule has 2 N–H and O–H groups in total. The second-order valence-corrected chi connectivity index (χ2v) is 8.56. The summed E-state index contributed by atoms with van der Waals surface area (Å²) in [7, 11) is 3.18. The number of hydrogen-bond acceptors (Lipinski definition) is 6. The van der Waals surface area contributed by atoms with E-state index in [-0.39, 0.29) is 31.4 Å². The van der Waals surface area contributed by atoms with Gasteiger partial charge in [-0.3, -0.25) is 9.59 Å². The van der Waals surface area contributed by atoms with Gasteiger partial charge in [-0.1, -0.05) is 42.5 Å². The number of ether oxygens (including phenoxy) is 3. The number of para-hydroxylation sites is 1. The molecule has 0 aromatic heterocycles. The van der Waals surface area contributed by atoms with Crippen molar-refractivity contribution >= 4 is 17.5 Å². The van der Waals surface area contributed by atoms with Gasteiger partial charge in [0.2, 0.25) is 11.8 Å². The van der Waals surface area contributed by atoms with Gasteiger partial charge >= 0.3 is 0 Å². The molecule has 2 atom stereocenters. The second-order valence-electron chi connectivity index (χ2n) is 8.56. The molecule has 2 unspecified atom stereocenters. The highest BCUT2D eigenvalue weighted by molar-refractivity contribution is 5.92. The number of benzene rings is 3. The molecule has 8 nitrogen and oxygen atoms in total. The van der Waals surface area contributed by atoms with Gasteiger partial charge < -0.3 is 29.5 Å². The molecule has 1 fully saturated rings. The Bertz CT molecular complexity index is 1180. The highest BCUT2D eigenvalue weighted by Gasteiger charge is 2.35. The molecular weight excluding hydrogens is 460 g/mol. The van der Waals surface area contributed by atoms with Crippen LogP contribution in [0.5, 0.6) is 11.5 Å². The third-order valence-corrected chi connectivity index (χ3v) is 6.19. The van der Waals surface area contributed by atoms with Crippen molar-refractivity contribution in [3.8, 4) is 11.5 Å². The lowest BCUT2D eigenvalue weighted by molar-refractivity contribution is -0.155. The molecule has 1 saturated heterocycles. The lowest BCUT2D eigenvalue weighted by atomic mass is 9.99. The number of hydrogen-bond donors (Lipinski definition) is 2. The third-order valence-electron chi connectivity index (χ3n) is 6.19. The minimum atomic E-state index is -0.965. The summed E-state index contributed by atoms with van der Waals surface area (Å²) in [5.74, 6) is 1.07. The van der Waals surface area contributed by atoms with Crippen LogP contribution in [0, 0.1) is 0 Å². The lowest BCUT2D eigenvalue weighted by Crippen LogP contribution is -2.51. The Morgan fingerprint density at radius 2 is 1.78 bits per heavy atom. The maximum absolute atomic E-state index is 12.7. The Labute approximate surface area is 210 Å². The number of amides is 2. The fourth-order valence-electron chi connectivity index (χ4n) is 4.23. The first-order valence-corrected chi connectivity index (χ1v) is 11.7. The molecule has 3 aromatic rings. The molecule has 3 aromatic carbocycles. The normalized spacial score (nSPS) is 16.4. The number of rotatable bonds is 9. The average molecular weight is 491 g/mol. The van der Waals surface area contributed by atoms with Crippen molar-refractivity contribution in [3.05, 3.63) is 89.5 Å². The SMILES string of the molecule is COc1ccc(CC(=O)Nc2ccc(C(O)C3COCC(=O)N3Cc3ccccc3OC)cc2)cc1. The topological polar surface area (TPSA) is 97.3 Å². The average Bonchev–Trinajstić information content (AvgIpc) is 2.90. The van der Waals surface area contributed by atoms with Gasteiger partial charge in [0.25, 0.3) is 0 Å². The monoisotopic (exact) mass is 490 g/mol. The van der Waals surface area contributed by atoms with E-state index in [9.17, 15) is 14.7 Å². The Hall–Kier alpha value is -3.88. The minimum absolute atomic E-state index is 0.0302. The smallest absolute Gasteiger partial charge is 0.249 e. The summed E-state index contributed by atoms with van der Waals surface area (Å²) in [5.41, 5.74) is 2.96. The number of methoxy groups -OCH3 is 2. The van der Waals surface area contributed by atoms with Crippen molar-refractivity contribution < 1.29 is 28.9 Å². The Morgan fingerprint density at radius 3 is 2.47 bits per heavy atom.